The Kier molecular flexibility index (Phi) is 5.05. The Morgan fingerprint density at radius 3 is 2.42 bits per heavy atom. The Hall–Kier alpha value is -2.47. The van der Waals surface area contributed by atoms with Gasteiger partial charge in [-0.2, -0.15) is 0 Å². The minimum absolute atomic E-state index is 0.246. The molecule has 0 atom stereocenters. The molecule has 24 heavy (non-hydrogen) atoms. The van der Waals surface area contributed by atoms with Gasteiger partial charge in [-0.05, 0) is 17.7 Å². The van der Waals surface area contributed by atoms with Crippen LogP contribution >= 0.6 is 0 Å². The van der Waals surface area contributed by atoms with Crippen molar-refractivity contribution < 1.29 is 14.2 Å². The van der Waals surface area contributed by atoms with Crippen LogP contribution in [0.3, 0.4) is 0 Å². The molecule has 2 aromatic carbocycles. The van der Waals surface area contributed by atoms with Gasteiger partial charge in [0.1, 0.15) is 18.0 Å². The first-order valence-electron chi connectivity index (χ1n) is 8.21. The molecule has 0 saturated carbocycles. The molecule has 0 spiro atoms. The molecule has 0 unspecified atom stereocenters. The summed E-state index contributed by atoms with van der Waals surface area (Å²) in [5, 5.41) is 14.0. The van der Waals surface area contributed by atoms with Gasteiger partial charge in [-0.3, -0.25) is 10.1 Å². The predicted octanol–water partition coefficient (Wildman–Crippen LogP) is 2.52. The molecule has 0 aromatic heterocycles. The van der Waals surface area contributed by atoms with Crippen LogP contribution in [0.2, 0.25) is 0 Å². The zero-order chi connectivity index (χ0) is 16.9. The third-order valence-electron chi connectivity index (χ3n) is 4.43. The number of nitro benzene ring substituents is 1. The maximum Gasteiger partial charge on any atom is 0.295 e. The fraction of sp³-hybridized carbons (Fsp3) is 0.333. The highest BCUT2D eigenvalue weighted by molar-refractivity contribution is 5.61. The SMILES string of the molecule is O=[N+]([O-])c1cc(F)ccc1NCc1ccc(C[NH+]2CCCC2)cc1. The van der Waals surface area contributed by atoms with E-state index in [9.17, 15) is 14.5 Å². The monoisotopic (exact) mass is 330 g/mol. The number of nitrogens with one attached hydrogen (secondary N) is 2. The summed E-state index contributed by atoms with van der Waals surface area (Å²) in [6, 6.07) is 11.9. The van der Waals surface area contributed by atoms with Crippen molar-refractivity contribution in [3.05, 3.63) is 69.5 Å². The van der Waals surface area contributed by atoms with Crippen LogP contribution in [0.25, 0.3) is 0 Å². The maximum atomic E-state index is 13.1. The van der Waals surface area contributed by atoms with Crippen LogP contribution in [0.15, 0.2) is 42.5 Å². The molecule has 0 bridgehead atoms. The third-order valence-corrected chi connectivity index (χ3v) is 4.43. The average molecular weight is 330 g/mol. The van der Waals surface area contributed by atoms with Gasteiger partial charge in [0, 0.05) is 24.9 Å². The normalized spacial score (nSPS) is 14.7. The van der Waals surface area contributed by atoms with Crippen molar-refractivity contribution in [1.29, 1.82) is 0 Å². The van der Waals surface area contributed by atoms with E-state index in [4.69, 9.17) is 0 Å². The van der Waals surface area contributed by atoms with Gasteiger partial charge in [0.05, 0.1) is 24.1 Å². The maximum absolute atomic E-state index is 13.1. The first-order valence-corrected chi connectivity index (χ1v) is 8.21. The third kappa shape index (κ3) is 4.08. The van der Waals surface area contributed by atoms with Crippen LogP contribution in [-0.2, 0) is 13.1 Å². The van der Waals surface area contributed by atoms with Gasteiger partial charge < -0.3 is 10.2 Å². The Bertz CT molecular complexity index is 713. The minimum Gasteiger partial charge on any atom is -0.375 e. The highest BCUT2D eigenvalue weighted by Gasteiger charge is 2.16. The second-order valence-corrected chi connectivity index (χ2v) is 6.22. The quantitative estimate of drug-likeness (QED) is 0.632. The number of rotatable bonds is 6. The molecular weight excluding hydrogens is 309 g/mol. The average Bonchev–Trinajstić information content (AvgIpc) is 3.08. The number of benzene rings is 2. The predicted molar refractivity (Wildman–Crippen MR) is 90.5 cm³/mol. The summed E-state index contributed by atoms with van der Waals surface area (Å²) in [5.41, 5.74) is 2.42. The molecule has 1 aliphatic rings. The molecular formula is C18H21FN3O2+. The van der Waals surface area contributed by atoms with E-state index in [1.807, 2.05) is 12.1 Å². The summed E-state index contributed by atoms with van der Waals surface area (Å²) in [6.07, 6.45) is 2.63. The van der Waals surface area contributed by atoms with Crippen LogP contribution in [0.1, 0.15) is 24.0 Å². The van der Waals surface area contributed by atoms with Gasteiger partial charge in [0.15, 0.2) is 0 Å². The Morgan fingerprint density at radius 1 is 1.08 bits per heavy atom. The molecule has 0 amide bonds. The fourth-order valence-corrected chi connectivity index (χ4v) is 3.12. The van der Waals surface area contributed by atoms with Crippen LogP contribution in [0.4, 0.5) is 15.8 Å². The van der Waals surface area contributed by atoms with E-state index in [1.54, 1.807) is 4.90 Å². The summed E-state index contributed by atoms with van der Waals surface area (Å²) >= 11 is 0. The van der Waals surface area contributed by atoms with Crippen LogP contribution < -0.4 is 10.2 Å². The Labute approximate surface area is 140 Å². The minimum atomic E-state index is -0.610. The summed E-state index contributed by atoms with van der Waals surface area (Å²) < 4.78 is 13.1. The van der Waals surface area contributed by atoms with Crippen molar-refractivity contribution >= 4 is 11.4 Å². The van der Waals surface area contributed by atoms with E-state index in [2.05, 4.69) is 17.4 Å². The van der Waals surface area contributed by atoms with Crippen molar-refractivity contribution in [1.82, 2.24) is 0 Å². The zero-order valence-electron chi connectivity index (χ0n) is 13.4. The smallest absolute Gasteiger partial charge is 0.295 e. The lowest BCUT2D eigenvalue weighted by molar-refractivity contribution is -0.901. The lowest BCUT2D eigenvalue weighted by Gasteiger charge is -2.12. The standard InChI is InChI=1S/C18H20FN3O2/c19-16-7-8-17(18(11-16)22(23)24)20-12-14-3-5-15(6-4-14)13-21-9-1-2-10-21/h3-8,11,20H,1-2,9-10,12-13H2/p+1. The molecule has 1 saturated heterocycles. The van der Waals surface area contributed by atoms with E-state index in [-0.39, 0.29) is 5.69 Å². The number of anilines is 1. The largest absolute Gasteiger partial charge is 0.375 e. The van der Waals surface area contributed by atoms with Gasteiger partial charge in [0.25, 0.3) is 5.69 Å². The summed E-state index contributed by atoms with van der Waals surface area (Å²) in [4.78, 5) is 12.0. The number of hydrogen-bond donors (Lipinski definition) is 2. The molecule has 126 valence electrons. The molecule has 1 heterocycles. The van der Waals surface area contributed by atoms with Crippen molar-refractivity contribution in [2.75, 3.05) is 18.4 Å². The molecule has 0 aliphatic carbocycles. The molecule has 2 N–H and O–H groups in total. The van der Waals surface area contributed by atoms with Gasteiger partial charge >= 0.3 is 0 Å². The molecule has 1 aliphatic heterocycles. The fourth-order valence-electron chi connectivity index (χ4n) is 3.12. The van der Waals surface area contributed by atoms with Crippen molar-refractivity contribution in [3.8, 4) is 0 Å². The lowest BCUT2D eigenvalue weighted by atomic mass is 10.1. The van der Waals surface area contributed by atoms with E-state index < -0.39 is 10.7 Å². The molecule has 0 radical (unpaired) electrons. The zero-order valence-corrected chi connectivity index (χ0v) is 13.4. The number of hydrogen-bond acceptors (Lipinski definition) is 3. The number of quaternary nitrogens is 1. The number of likely N-dealkylation sites (tertiary alicyclic amines) is 1. The highest BCUT2D eigenvalue weighted by atomic mass is 19.1. The van der Waals surface area contributed by atoms with Crippen molar-refractivity contribution in [3.63, 3.8) is 0 Å². The second kappa shape index (κ2) is 7.40. The van der Waals surface area contributed by atoms with Crippen LogP contribution in [0.5, 0.6) is 0 Å². The lowest BCUT2D eigenvalue weighted by Crippen LogP contribution is -3.08. The van der Waals surface area contributed by atoms with Crippen LogP contribution in [0, 0.1) is 15.9 Å². The highest BCUT2D eigenvalue weighted by Crippen LogP contribution is 2.25. The van der Waals surface area contributed by atoms with Gasteiger partial charge in [-0.25, -0.2) is 4.39 Å². The Morgan fingerprint density at radius 2 is 1.75 bits per heavy atom. The summed E-state index contributed by atoms with van der Waals surface area (Å²) in [5.74, 6) is -0.610. The molecule has 1 fully saturated rings. The number of halogens is 1. The van der Waals surface area contributed by atoms with Crippen LogP contribution in [-0.4, -0.2) is 18.0 Å². The number of nitro groups is 1. The topological polar surface area (TPSA) is 59.6 Å². The number of nitrogens with zero attached hydrogens (tertiary/aromatic N) is 1. The molecule has 3 rings (SSSR count). The molecule has 5 nitrogen and oxygen atoms in total. The van der Waals surface area contributed by atoms with E-state index in [1.165, 1.54) is 43.6 Å². The first kappa shape index (κ1) is 16.4. The molecule has 2 aromatic rings. The summed E-state index contributed by atoms with van der Waals surface area (Å²) in [6.45, 7) is 4.01. The molecule has 6 heteroatoms. The second-order valence-electron chi connectivity index (χ2n) is 6.22. The Balaban J connectivity index is 1.61. The van der Waals surface area contributed by atoms with E-state index >= 15 is 0 Å². The summed E-state index contributed by atoms with van der Waals surface area (Å²) in [7, 11) is 0. The van der Waals surface area contributed by atoms with Gasteiger partial charge in [-0.15, -0.1) is 0 Å². The first-order chi connectivity index (χ1) is 11.6. The van der Waals surface area contributed by atoms with Crippen molar-refractivity contribution in [2.45, 2.75) is 25.9 Å². The van der Waals surface area contributed by atoms with Crippen molar-refractivity contribution in [2.24, 2.45) is 0 Å². The van der Waals surface area contributed by atoms with E-state index in [0.29, 0.717) is 12.2 Å². The van der Waals surface area contributed by atoms with E-state index in [0.717, 1.165) is 18.2 Å². The van der Waals surface area contributed by atoms with Gasteiger partial charge in [0.2, 0.25) is 0 Å². The van der Waals surface area contributed by atoms with Gasteiger partial charge in [-0.1, -0.05) is 24.3 Å².